The molecule has 0 amide bonds. The first-order valence-electron chi connectivity index (χ1n) is 10.5. The van der Waals surface area contributed by atoms with E-state index in [2.05, 4.69) is 41.6 Å². The molecule has 1 saturated carbocycles. The molecule has 0 radical (unpaired) electrons. The second-order valence-electron chi connectivity index (χ2n) is 8.02. The highest BCUT2D eigenvalue weighted by molar-refractivity contribution is 5.84. The summed E-state index contributed by atoms with van der Waals surface area (Å²) in [7, 11) is 0. The molecule has 4 rings (SSSR count). The van der Waals surface area contributed by atoms with E-state index in [-0.39, 0.29) is 6.61 Å². The molecule has 2 heterocycles. The van der Waals surface area contributed by atoms with Crippen molar-refractivity contribution in [3.05, 3.63) is 35.2 Å². The normalized spacial score (nSPS) is 15.5. The monoisotopic (exact) mass is 381 g/mol. The minimum absolute atomic E-state index is 0.0437. The number of benzene rings is 1. The van der Waals surface area contributed by atoms with Crippen LogP contribution in [0.1, 0.15) is 55.3 Å². The van der Waals surface area contributed by atoms with Gasteiger partial charge in [0.05, 0.1) is 29.5 Å². The van der Waals surface area contributed by atoms with Crippen LogP contribution in [0, 0.1) is 13.8 Å². The van der Waals surface area contributed by atoms with Crippen molar-refractivity contribution in [3.8, 4) is 0 Å². The van der Waals surface area contributed by atoms with Crippen LogP contribution in [0.15, 0.2) is 18.3 Å². The third-order valence-electron chi connectivity index (χ3n) is 5.96. The number of aromatic nitrogens is 3. The number of imidazole rings is 1. The van der Waals surface area contributed by atoms with Crippen LogP contribution in [0.4, 0.5) is 5.82 Å². The van der Waals surface area contributed by atoms with Crippen molar-refractivity contribution < 1.29 is 5.11 Å². The van der Waals surface area contributed by atoms with Gasteiger partial charge in [-0.3, -0.25) is 4.40 Å². The summed E-state index contributed by atoms with van der Waals surface area (Å²) in [6.45, 7) is 6.03. The summed E-state index contributed by atoms with van der Waals surface area (Å²) in [6, 6.07) is 4.94. The Kier molecular flexibility index (Phi) is 5.78. The van der Waals surface area contributed by atoms with Gasteiger partial charge in [-0.25, -0.2) is 9.97 Å². The van der Waals surface area contributed by atoms with E-state index in [9.17, 15) is 5.11 Å². The number of aliphatic hydroxyl groups is 1. The Labute approximate surface area is 166 Å². The highest BCUT2D eigenvalue weighted by atomic mass is 16.3. The number of aryl methyl sites for hydroxylation is 2. The van der Waals surface area contributed by atoms with E-state index in [4.69, 9.17) is 4.98 Å². The minimum Gasteiger partial charge on any atom is -0.390 e. The molecule has 1 aromatic carbocycles. The Morgan fingerprint density at radius 2 is 1.89 bits per heavy atom. The quantitative estimate of drug-likeness (QED) is 0.544. The molecule has 3 aromatic rings. The van der Waals surface area contributed by atoms with Crippen molar-refractivity contribution in [1.82, 2.24) is 19.7 Å². The molecule has 0 unspecified atom stereocenters. The average Bonchev–Trinajstić information content (AvgIpc) is 3.14. The molecule has 2 aromatic heterocycles. The van der Waals surface area contributed by atoms with Gasteiger partial charge < -0.3 is 15.7 Å². The van der Waals surface area contributed by atoms with E-state index in [1.165, 1.54) is 43.2 Å². The molecule has 0 atom stereocenters. The lowest BCUT2D eigenvalue weighted by molar-refractivity contribution is 0.276. The first-order chi connectivity index (χ1) is 13.7. The van der Waals surface area contributed by atoms with Gasteiger partial charge in [-0.05, 0) is 62.9 Å². The van der Waals surface area contributed by atoms with Gasteiger partial charge in [0.1, 0.15) is 0 Å². The molecule has 6 heteroatoms. The first-order valence-corrected chi connectivity index (χ1v) is 10.5. The minimum atomic E-state index is -0.0437. The number of anilines is 1. The SMILES string of the molecule is Cc1cc2nc(NCCCNC3CCCCC3)c3ncc(CO)n3c2cc1C. The van der Waals surface area contributed by atoms with Crippen LogP contribution in [0.2, 0.25) is 0 Å². The molecule has 28 heavy (non-hydrogen) atoms. The Balaban J connectivity index is 1.51. The van der Waals surface area contributed by atoms with Gasteiger partial charge in [0, 0.05) is 12.6 Å². The van der Waals surface area contributed by atoms with Crippen molar-refractivity contribution in [2.75, 3.05) is 18.4 Å². The van der Waals surface area contributed by atoms with Crippen molar-refractivity contribution in [1.29, 1.82) is 0 Å². The lowest BCUT2D eigenvalue weighted by Gasteiger charge is -2.22. The summed E-state index contributed by atoms with van der Waals surface area (Å²) in [5.41, 5.74) is 5.90. The third-order valence-corrected chi connectivity index (χ3v) is 5.96. The molecule has 150 valence electrons. The molecule has 0 aliphatic heterocycles. The van der Waals surface area contributed by atoms with Crippen LogP contribution in [-0.4, -0.2) is 38.6 Å². The summed E-state index contributed by atoms with van der Waals surface area (Å²) in [6.07, 6.45) is 9.53. The first kappa shape index (κ1) is 19.2. The van der Waals surface area contributed by atoms with Crippen LogP contribution >= 0.6 is 0 Å². The number of fused-ring (bicyclic) bond motifs is 3. The zero-order valence-corrected chi connectivity index (χ0v) is 17.0. The van der Waals surface area contributed by atoms with Crippen LogP contribution in [0.25, 0.3) is 16.7 Å². The largest absolute Gasteiger partial charge is 0.390 e. The molecule has 6 nitrogen and oxygen atoms in total. The highest BCUT2D eigenvalue weighted by Gasteiger charge is 2.15. The van der Waals surface area contributed by atoms with Crippen LogP contribution in [-0.2, 0) is 6.61 Å². The molecular weight excluding hydrogens is 350 g/mol. The standard InChI is InChI=1S/C22H31N5O/c1-15-11-19-20(12-16(15)2)27-18(14-28)13-25-22(27)21(26-19)24-10-6-9-23-17-7-4-3-5-8-17/h11-13,17,23,28H,3-10,14H2,1-2H3,(H,24,26). The van der Waals surface area contributed by atoms with Crippen LogP contribution in [0.5, 0.6) is 0 Å². The lowest BCUT2D eigenvalue weighted by Crippen LogP contribution is -2.32. The van der Waals surface area contributed by atoms with Gasteiger partial charge in [0.25, 0.3) is 0 Å². The van der Waals surface area contributed by atoms with E-state index in [0.29, 0.717) is 6.04 Å². The maximum atomic E-state index is 9.76. The van der Waals surface area contributed by atoms with Crippen molar-refractivity contribution in [2.24, 2.45) is 0 Å². The number of hydrogen-bond acceptors (Lipinski definition) is 5. The summed E-state index contributed by atoms with van der Waals surface area (Å²) in [5, 5.41) is 16.9. The van der Waals surface area contributed by atoms with Gasteiger partial charge in [-0.2, -0.15) is 0 Å². The van der Waals surface area contributed by atoms with Crippen molar-refractivity contribution in [3.63, 3.8) is 0 Å². The summed E-state index contributed by atoms with van der Waals surface area (Å²) in [4.78, 5) is 9.37. The van der Waals surface area contributed by atoms with Gasteiger partial charge >= 0.3 is 0 Å². The van der Waals surface area contributed by atoms with E-state index >= 15 is 0 Å². The number of rotatable bonds is 7. The predicted octanol–water partition coefficient (Wildman–Crippen LogP) is 3.72. The summed E-state index contributed by atoms with van der Waals surface area (Å²) in [5.74, 6) is 0.785. The summed E-state index contributed by atoms with van der Waals surface area (Å²) >= 11 is 0. The van der Waals surface area contributed by atoms with Gasteiger partial charge in [0.2, 0.25) is 0 Å². The molecule has 0 bridgehead atoms. The maximum Gasteiger partial charge on any atom is 0.180 e. The Morgan fingerprint density at radius 3 is 2.68 bits per heavy atom. The second kappa shape index (κ2) is 8.45. The van der Waals surface area contributed by atoms with E-state index in [1.54, 1.807) is 6.20 Å². The van der Waals surface area contributed by atoms with E-state index in [0.717, 1.165) is 47.7 Å². The van der Waals surface area contributed by atoms with Gasteiger partial charge in [-0.15, -0.1) is 0 Å². The molecule has 0 spiro atoms. The fraction of sp³-hybridized carbons (Fsp3) is 0.545. The molecule has 1 aliphatic carbocycles. The Bertz CT molecular complexity index is 959. The number of hydrogen-bond donors (Lipinski definition) is 3. The van der Waals surface area contributed by atoms with Gasteiger partial charge in [0.15, 0.2) is 11.5 Å². The second-order valence-corrected chi connectivity index (χ2v) is 8.02. The number of nitrogens with one attached hydrogen (secondary N) is 2. The Morgan fingerprint density at radius 1 is 1.11 bits per heavy atom. The van der Waals surface area contributed by atoms with E-state index < -0.39 is 0 Å². The summed E-state index contributed by atoms with van der Waals surface area (Å²) < 4.78 is 2.03. The molecule has 1 aliphatic rings. The maximum absolute atomic E-state index is 9.76. The third kappa shape index (κ3) is 3.84. The van der Waals surface area contributed by atoms with Crippen molar-refractivity contribution in [2.45, 2.75) is 65.0 Å². The zero-order chi connectivity index (χ0) is 19.5. The van der Waals surface area contributed by atoms with Crippen LogP contribution in [0.3, 0.4) is 0 Å². The lowest BCUT2D eigenvalue weighted by atomic mass is 9.95. The average molecular weight is 382 g/mol. The number of aliphatic hydroxyl groups excluding tert-OH is 1. The van der Waals surface area contributed by atoms with Crippen molar-refractivity contribution >= 4 is 22.5 Å². The van der Waals surface area contributed by atoms with Crippen LogP contribution < -0.4 is 10.6 Å². The highest BCUT2D eigenvalue weighted by Crippen LogP contribution is 2.25. The van der Waals surface area contributed by atoms with Gasteiger partial charge in [-0.1, -0.05) is 19.3 Å². The predicted molar refractivity (Wildman–Crippen MR) is 114 cm³/mol. The zero-order valence-electron chi connectivity index (χ0n) is 17.0. The molecule has 1 fully saturated rings. The molecule has 0 saturated heterocycles. The van der Waals surface area contributed by atoms with E-state index in [1.807, 2.05) is 4.40 Å². The smallest absolute Gasteiger partial charge is 0.180 e. The number of nitrogens with zero attached hydrogens (tertiary/aromatic N) is 3. The molecular formula is C22H31N5O. The Hall–Kier alpha value is -2.18. The topological polar surface area (TPSA) is 74.5 Å². The molecule has 3 N–H and O–H groups in total. The fourth-order valence-electron chi connectivity index (χ4n) is 4.19. The fourth-order valence-corrected chi connectivity index (χ4v) is 4.19.